The third-order valence-corrected chi connectivity index (χ3v) is 3.86. The number of methoxy groups -OCH3 is 1. The van der Waals surface area contributed by atoms with Gasteiger partial charge in [0.05, 0.1) is 13.3 Å². The van der Waals surface area contributed by atoms with Gasteiger partial charge in [0.1, 0.15) is 5.75 Å². The number of hydrogen-bond acceptors (Lipinski definition) is 3. The number of hydrogen-bond donors (Lipinski definition) is 1. The second-order valence-corrected chi connectivity index (χ2v) is 5.48. The Morgan fingerprint density at radius 1 is 1.35 bits per heavy atom. The lowest BCUT2D eigenvalue weighted by Crippen LogP contribution is -2.23. The van der Waals surface area contributed by atoms with Gasteiger partial charge in [-0.25, -0.2) is 0 Å². The van der Waals surface area contributed by atoms with Crippen molar-refractivity contribution < 1.29 is 4.74 Å². The average Bonchev–Trinajstić information content (AvgIpc) is 2.52. The predicted molar refractivity (Wildman–Crippen MR) is 83.0 cm³/mol. The first kappa shape index (κ1) is 15.0. The molecule has 1 atom stereocenters. The van der Waals surface area contributed by atoms with E-state index in [1.807, 2.05) is 6.20 Å². The van der Waals surface area contributed by atoms with Crippen molar-refractivity contribution in [3.05, 3.63) is 35.7 Å². The molecule has 0 amide bonds. The summed E-state index contributed by atoms with van der Waals surface area (Å²) in [6.45, 7) is 3.24. The molecular weight excluding hydrogens is 248 g/mol. The van der Waals surface area contributed by atoms with E-state index in [0.717, 1.165) is 25.1 Å². The highest BCUT2D eigenvalue weighted by atomic mass is 16.5. The number of ether oxygens (including phenoxy) is 1. The molecule has 0 radical (unpaired) electrons. The van der Waals surface area contributed by atoms with Gasteiger partial charge in [0.25, 0.3) is 0 Å². The molecule has 0 aliphatic heterocycles. The Kier molecular flexibility index (Phi) is 6.06. The largest absolute Gasteiger partial charge is 0.495 e. The van der Waals surface area contributed by atoms with Gasteiger partial charge in [-0.05, 0) is 56.7 Å². The van der Waals surface area contributed by atoms with E-state index in [9.17, 15) is 0 Å². The Morgan fingerprint density at radius 3 is 2.95 bits per heavy atom. The van der Waals surface area contributed by atoms with Crippen LogP contribution in [0.4, 0.5) is 0 Å². The second kappa shape index (κ2) is 8.05. The van der Waals surface area contributed by atoms with Crippen LogP contribution in [0, 0.1) is 0 Å². The Morgan fingerprint density at radius 2 is 2.25 bits per heavy atom. The number of nitrogens with one attached hydrogen (secondary N) is 1. The van der Waals surface area contributed by atoms with Crippen LogP contribution in [0.3, 0.4) is 0 Å². The van der Waals surface area contributed by atoms with Gasteiger partial charge in [0.15, 0.2) is 0 Å². The maximum atomic E-state index is 5.29. The monoisotopic (exact) mass is 274 g/mol. The van der Waals surface area contributed by atoms with Gasteiger partial charge in [-0.15, -0.1) is 0 Å². The van der Waals surface area contributed by atoms with Crippen LogP contribution < -0.4 is 10.1 Å². The molecule has 110 valence electrons. The summed E-state index contributed by atoms with van der Waals surface area (Å²) in [6.07, 6.45) is 13.6. The molecule has 1 aromatic rings. The maximum Gasteiger partial charge on any atom is 0.137 e. The lowest BCUT2D eigenvalue weighted by Gasteiger charge is -2.22. The molecule has 3 nitrogen and oxygen atoms in total. The Labute approximate surface area is 122 Å². The summed E-state index contributed by atoms with van der Waals surface area (Å²) in [4.78, 5) is 4.29. The van der Waals surface area contributed by atoms with Crippen molar-refractivity contribution in [2.75, 3.05) is 13.7 Å². The van der Waals surface area contributed by atoms with Crippen molar-refractivity contribution >= 4 is 0 Å². The Hall–Kier alpha value is -1.35. The number of pyridine rings is 1. The molecule has 1 aliphatic carbocycles. The van der Waals surface area contributed by atoms with Crippen molar-refractivity contribution in [3.8, 4) is 5.75 Å². The summed E-state index contributed by atoms with van der Waals surface area (Å²) >= 11 is 0. The van der Waals surface area contributed by atoms with Gasteiger partial charge in [-0.2, -0.15) is 0 Å². The summed E-state index contributed by atoms with van der Waals surface area (Å²) in [5.74, 6) is 0.837. The molecule has 0 fully saturated rings. The Balaban J connectivity index is 2.10. The molecular formula is C17H26N2O. The van der Waals surface area contributed by atoms with E-state index >= 15 is 0 Å². The van der Waals surface area contributed by atoms with E-state index in [-0.39, 0.29) is 0 Å². The third kappa shape index (κ3) is 4.34. The summed E-state index contributed by atoms with van der Waals surface area (Å²) < 4.78 is 5.29. The van der Waals surface area contributed by atoms with E-state index in [4.69, 9.17) is 4.74 Å². The highest BCUT2D eigenvalue weighted by Crippen LogP contribution is 2.28. The quantitative estimate of drug-likeness (QED) is 0.762. The molecule has 20 heavy (non-hydrogen) atoms. The fourth-order valence-corrected chi connectivity index (χ4v) is 2.72. The summed E-state index contributed by atoms with van der Waals surface area (Å²) in [6, 6.07) is 2.45. The Bertz CT molecular complexity index is 442. The second-order valence-electron chi connectivity index (χ2n) is 5.48. The van der Waals surface area contributed by atoms with Gasteiger partial charge in [-0.1, -0.05) is 18.6 Å². The summed E-state index contributed by atoms with van der Waals surface area (Å²) in [5, 5.41) is 3.65. The average molecular weight is 274 g/mol. The van der Waals surface area contributed by atoms with Crippen LogP contribution in [0.1, 0.15) is 57.1 Å². The van der Waals surface area contributed by atoms with Gasteiger partial charge in [0, 0.05) is 12.2 Å². The van der Waals surface area contributed by atoms with Crippen LogP contribution in [0.25, 0.3) is 0 Å². The van der Waals surface area contributed by atoms with Crippen LogP contribution in [0.15, 0.2) is 30.1 Å². The van der Waals surface area contributed by atoms with E-state index in [0.29, 0.717) is 6.04 Å². The zero-order chi connectivity index (χ0) is 14.2. The maximum absolute atomic E-state index is 5.29. The van der Waals surface area contributed by atoms with E-state index in [2.05, 4.69) is 29.4 Å². The van der Waals surface area contributed by atoms with Crippen molar-refractivity contribution in [2.45, 2.75) is 51.5 Å². The lowest BCUT2D eigenvalue weighted by atomic mass is 9.92. The molecule has 0 bridgehead atoms. The van der Waals surface area contributed by atoms with Crippen molar-refractivity contribution in [1.29, 1.82) is 0 Å². The van der Waals surface area contributed by atoms with Crippen molar-refractivity contribution in [1.82, 2.24) is 10.3 Å². The summed E-state index contributed by atoms with van der Waals surface area (Å²) in [5.41, 5.74) is 2.82. The topological polar surface area (TPSA) is 34.2 Å². The van der Waals surface area contributed by atoms with Crippen molar-refractivity contribution in [2.24, 2.45) is 0 Å². The smallest absolute Gasteiger partial charge is 0.137 e. The van der Waals surface area contributed by atoms with Crippen LogP contribution in [-0.4, -0.2) is 18.6 Å². The number of aromatic nitrogens is 1. The minimum Gasteiger partial charge on any atom is -0.495 e. The molecule has 3 heteroatoms. The molecule has 1 N–H and O–H groups in total. The number of rotatable bonds is 7. The molecule has 0 saturated heterocycles. The first-order chi connectivity index (χ1) is 9.83. The SMILES string of the molecule is CCCNC(CC1=CCCCC1)c1cncc(OC)c1. The third-order valence-electron chi connectivity index (χ3n) is 3.86. The standard InChI is InChI=1S/C17H26N2O/c1-3-9-19-17(10-14-7-5-4-6-8-14)15-11-16(20-2)13-18-12-15/h7,11-13,17,19H,3-6,8-10H2,1-2H3. The minimum absolute atomic E-state index is 0.349. The zero-order valence-corrected chi connectivity index (χ0v) is 12.7. The minimum atomic E-state index is 0.349. The highest BCUT2D eigenvalue weighted by Gasteiger charge is 2.15. The van der Waals surface area contributed by atoms with E-state index in [1.165, 1.54) is 31.2 Å². The first-order valence-electron chi connectivity index (χ1n) is 7.73. The molecule has 1 aromatic heterocycles. The molecule has 2 rings (SSSR count). The van der Waals surface area contributed by atoms with Crippen LogP contribution in [-0.2, 0) is 0 Å². The normalized spacial score (nSPS) is 16.6. The zero-order valence-electron chi connectivity index (χ0n) is 12.7. The van der Waals surface area contributed by atoms with Gasteiger partial charge in [-0.3, -0.25) is 4.98 Å². The summed E-state index contributed by atoms with van der Waals surface area (Å²) in [7, 11) is 1.69. The fraction of sp³-hybridized carbons (Fsp3) is 0.588. The van der Waals surface area contributed by atoms with Gasteiger partial charge >= 0.3 is 0 Å². The van der Waals surface area contributed by atoms with Gasteiger partial charge in [0.2, 0.25) is 0 Å². The predicted octanol–water partition coefficient (Wildman–Crippen LogP) is 4.02. The molecule has 0 spiro atoms. The molecule has 1 unspecified atom stereocenters. The molecule has 0 aromatic carbocycles. The van der Waals surface area contributed by atoms with Crippen LogP contribution in [0.5, 0.6) is 5.75 Å². The lowest BCUT2D eigenvalue weighted by molar-refractivity contribution is 0.410. The first-order valence-corrected chi connectivity index (χ1v) is 7.73. The van der Waals surface area contributed by atoms with Crippen molar-refractivity contribution in [3.63, 3.8) is 0 Å². The molecule has 0 saturated carbocycles. The molecule has 1 heterocycles. The van der Waals surface area contributed by atoms with E-state index < -0.39 is 0 Å². The highest BCUT2D eigenvalue weighted by molar-refractivity contribution is 5.27. The number of allylic oxidation sites excluding steroid dienone is 1. The number of nitrogens with zero attached hydrogens (tertiary/aromatic N) is 1. The fourth-order valence-electron chi connectivity index (χ4n) is 2.72. The van der Waals surface area contributed by atoms with E-state index in [1.54, 1.807) is 18.9 Å². The van der Waals surface area contributed by atoms with Crippen LogP contribution >= 0.6 is 0 Å². The molecule has 1 aliphatic rings. The van der Waals surface area contributed by atoms with Gasteiger partial charge < -0.3 is 10.1 Å². The van der Waals surface area contributed by atoms with Crippen LogP contribution in [0.2, 0.25) is 0 Å².